The van der Waals surface area contributed by atoms with E-state index in [-0.39, 0.29) is 17.4 Å². The van der Waals surface area contributed by atoms with E-state index in [1.54, 1.807) is 0 Å². The number of nitrogens with zero attached hydrogens (tertiary/aromatic N) is 3. The van der Waals surface area contributed by atoms with Crippen molar-refractivity contribution in [2.24, 2.45) is 11.0 Å². The number of non-ortho nitro benzene ring substituents is 1. The van der Waals surface area contributed by atoms with Crippen molar-refractivity contribution in [3.05, 3.63) is 50.1 Å². The predicted octanol–water partition coefficient (Wildman–Crippen LogP) is 1.62. The quantitative estimate of drug-likeness (QED) is 0.364. The van der Waals surface area contributed by atoms with Gasteiger partial charge in [-0.05, 0) is 12.8 Å². The number of hydrogen-bond donors (Lipinski definition) is 2. The molecule has 0 aromatic heterocycles. The second kappa shape index (κ2) is 6.22. The molecule has 1 fully saturated rings. The Morgan fingerprint density at radius 1 is 1.35 bits per heavy atom. The molecule has 2 rings (SSSR count). The number of hydrazone groups is 1. The number of nitro benzene ring substituents is 2. The number of nitrogens with one attached hydrogen (secondary N) is 1. The highest BCUT2D eigenvalue weighted by molar-refractivity contribution is 5.88. The molecular weight excluding hydrogens is 308 g/mol. The summed E-state index contributed by atoms with van der Waals surface area (Å²) in [6, 6.07) is 1.56. The van der Waals surface area contributed by atoms with Gasteiger partial charge in [-0.1, -0.05) is 12.2 Å². The molecule has 23 heavy (non-hydrogen) atoms. The SMILES string of the molecule is C=C1CC(C(=O)N/N=C\c2cc([N+](=O)[O-])cc([N+](=O)[O-])c2O)C1. The molecule has 0 saturated heterocycles. The molecule has 0 radical (unpaired) electrons. The lowest BCUT2D eigenvalue weighted by Gasteiger charge is -2.25. The average molecular weight is 320 g/mol. The zero-order valence-electron chi connectivity index (χ0n) is 11.8. The van der Waals surface area contributed by atoms with Gasteiger partial charge < -0.3 is 5.11 Å². The molecule has 1 aromatic rings. The molecule has 0 aliphatic heterocycles. The highest BCUT2D eigenvalue weighted by Crippen LogP contribution is 2.33. The third-order valence-corrected chi connectivity index (χ3v) is 3.33. The minimum atomic E-state index is -0.946. The maximum atomic E-state index is 11.7. The zero-order valence-corrected chi connectivity index (χ0v) is 11.8. The summed E-state index contributed by atoms with van der Waals surface area (Å²) in [4.78, 5) is 31.4. The van der Waals surface area contributed by atoms with E-state index in [1.807, 2.05) is 0 Å². The van der Waals surface area contributed by atoms with Crippen LogP contribution >= 0.6 is 0 Å². The van der Waals surface area contributed by atoms with Crippen LogP contribution in [0.3, 0.4) is 0 Å². The van der Waals surface area contributed by atoms with Crippen LogP contribution in [0.15, 0.2) is 29.4 Å². The summed E-state index contributed by atoms with van der Waals surface area (Å²) in [5.74, 6) is -1.35. The first-order valence-electron chi connectivity index (χ1n) is 6.45. The Labute approximate surface area is 129 Å². The number of phenols is 1. The lowest BCUT2D eigenvalue weighted by Crippen LogP contribution is -2.32. The molecule has 1 saturated carbocycles. The second-order valence-electron chi connectivity index (χ2n) is 5.01. The van der Waals surface area contributed by atoms with Gasteiger partial charge in [0, 0.05) is 12.0 Å². The molecule has 0 heterocycles. The Hall–Kier alpha value is -3.30. The van der Waals surface area contributed by atoms with Gasteiger partial charge in [0.15, 0.2) is 0 Å². The molecule has 2 N–H and O–H groups in total. The molecule has 0 atom stereocenters. The molecule has 1 aromatic carbocycles. The number of nitro groups is 2. The third-order valence-electron chi connectivity index (χ3n) is 3.33. The van der Waals surface area contributed by atoms with Crippen LogP contribution in [0.4, 0.5) is 11.4 Å². The summed E-state index contributed by atoms with van der Waals surface area (Å²) in [6.07, 6.45) is 2.05. The summed E-state index contributed by atoms with van der Waals surface area (Å²) in [5, 5.41) is 34.9. The number of hydrogen-bond acceptors (Lipinski definition) is 7. The van der Waals surface area contributed by atoms with Crippen molar-refractivity contribution in [1.82, 2.24) is 5.43 Å². The van der Waals surface area contributed by atoms with Gasteiger partial charge in [0.1, 0.15) is 0 Å². The second-order valence-corrected chi connectivity index (χ2v) is 5.01. The Morgan fingerprint density at radius 2 is 2.00 bits per heavy atom. The fourth-order valence-corrected chi connectivity index (χ4v) is 2.05. The molecule has 1 aliphatic rings. The summed E-state index contributed by atoms with van der Waals surface area (Å²) >= 11 is 0. The number of rotatable bonds is 5. The molecule has 1 amide bonds. The van der Waals surface area contributed by atoms with Crippen molar-refractivity contribution >= 4 is 23.5 Å². The largest absolute Gasteiger partial charge is 0.502 e. The third kappa shape index (κ3) is 3.48. The summed E-state index contributed by atoms with van der Waals surface area (Å²) in [5.41, 5.74) is 1.54. The van der Waals surface area contributed by atoms with E-state index in [4.69, 9.17) is 0 Å². The highest BCUT2D eigenvalue weighted by atomic mass is 16.6. The van der Waals surface area contributed by atoms with Crippen molar-refractivity contribution in [1.29, 1.82) is 0 Å². The lowest BCUT2D eigenvalue weighted by atomic mass is 9.81. The number of carbonyl (C=O) groups is 1. The fraction of sp³-hybridized carbons (Fsp3) is 0.231. The fourth-order valence-electron chi connectivity index (χ4n) is 2.05. The number of carbonyl (C=O) groups excluding carboxylic acids is 1. The molecule has 1 aliphatic carbocycles. The van der Waals surface area contributed by atoms with Gasteiger partial charge in [0.25, 0.3) is 5.69 Å². The van der Waals surface area contributed by atoms with Gasteiger partial charge in [-0.25, -0.2) is 5.43 Å². The van der Waals surface area contributed by atoms with Crippen molar-refractivity contribution in [2.75, 3.05) is 0 Å². The van der Waals surface area contributed by atoms with Gasteiger partial charge >= 0.3 is 5.69 Å². The molecule has 10 nitrogen and oxygen atoms in total. The number of phenolic OH excluding ortho intramolecular Hbond substituents is 1. The number of allylic oxidation sites excluding steroid dienone is 1. The van der Waals surface area contributed by atoms with E-state index < -0.39 is 27.0 Å². The van der Waals surface area contributed by atoms with Crippen LogP contribution in [-0.2, 0) is 4.79 Å². The van der Waals surface area contributed by atoms with Crippen molar-refractivity contribution in [3.8, 4) is 5.75 Å². The van der Waals surface area contributed by atoms with E-state index in [0.717, 1.165) is 17.9 Å². The zero-order chi connectivity index (χ0) is 17.1. The van der Waals surface area contributed by atoms with Crippen LogP contribution in [0.1, 0.15) is 18.4 Å². The first-order valence-corrected chi connectivity index (χ1v) is 6.45. The Bertz CT molecular complexity index is 734. The van der Waals surface area contributed by atoms with Crippen LogP contribution < -0.4 is 5.43 Å². The van der Waals surface area contributed by atoms with Gasteiger partial charge in [-0.15, -0.1) is 0 Å². The first-order chi connectivity index (χ1) is 10.8. The van der Waals surface area contributed by atoms with Gasteiger partial charge in [0.05, 0.1) is 27.7 Å². The van der Waals surface area contributed by atoms with Crippen LogP contribution in [-0.4, -0.2) is 27.1 Å². The summed E-state index contributed by atoms with van der Waals surface area (Å²) in [6.45, 7) is 3.71. The van der Waals surface area contributed by atoms with E-state index in [2.05, 4.69) is 17.1 Å². The topological polar surface area (TPSA) is 148 Å². The maximum Gasteiger partial charge on any atom is 0.318 e. The van der Waals surface area contributed by atoms with Crippen LogP contribution in [0, 0.1) is 26.1 Å². The number of benzene rings is 1. The predicted molar refractivity (Wildman–Crippen MR) is 79.0 cm³/mol. The van der Waals surface area contributed by atoms with Crippen molar-refractivity contribution < 1.29 is 19.7 Å². The summed E-state index contributed by atoms with van der Waals surface area (Å²) < 4.78 is 0. The maximum absolute atomic E-state index is 11.7. The van der Waals surface area contributed by atoms with Crippen LogP contribution in [0.2, 0.25) is 0 Å². The highest BCUT2D eigenvalue weighted by Gasteiger charge is 2.28. The molecule has 0 unspecified atom stereocenters. The standard InChI is InChI=1S/C13H12N4O6/c1-7-2-8(3-7)13(19)15-14-6-9-4-10(16(20)21)5-11(12(9)18)17(22)23/h4-6,8,18H,1-3H2,(H,15,19)/b14-6-. The monoisotopic (exact) mass is 320 g/mol. The Kier molecular flexibility index (Phi) is 4.35. The first kappa shape index (κ1) is 16.1. The summed E-state index contributed by atoms with van der Waals surface area (Å²) in [7, 11) is 0. The normalized spacial score (nSPS) is 14.5. The molecular formula is C13H12N4O6. The minimum Gasteiger partial charge on any atom is -0.502 e. The average Bonchev–Trinajstić information content (AvgIpc) is 2.44. The van der Waals surface area contributed by atoms with E-state index in [9.17, 15) is 30.1 Å². The Balaban J connectivity index is 2.19. The minimum absolute atomic E-state index is 0.229. The molecule has 0 bridgehead atoms. The number of amides is 1. The van der Waals surface area contributed by atoms with Crippen LogP contribution in [0.5, 0.6) is 5.75 Å². The van der Waals surface area contributed by atoms with Crippen molar-refractivity contribution in [3.63, 3.8) is 0 Å². The van der Waals surface area contributed by atoms with E-state index in [1.165, 1.54) is 0 Å². The molecule has 10 heteroatoms. The smallest absolute Gasteiger partial charge is 0.318 e. The van der Waals surface area contributed by atoms with Crippen molar-refractivity contribution in [2.45, 2.75) is 12.8 Å². The van der Waals surface area contributed by atoms with Gasteiger partial charge in [-0.3, -0.25) is 25.0 Å². The lowest BCUT2D eigenvalue weighted by molar-refractivity contribution is -0.394. The molecule has 0 spiro atoms. The Morgan fingerprint density at radius 3 is 2.52 bits per heavy atom. The molecule has 120 valence electrons. The van der Waals surface area contributed by atoms with Crippen LogP contribution in [0.25, 0.3) is 0 Å². The number of aromatic hydroxyl groups is 1. The van der Waals surface area contributed by atoms with Gasteiger partial charge in [0.2, 0.25) is 11.7 Å². The van der Waals surface area contributed by atoms with Gasteiger partial charge in [-0.2, -0.15) is 5.10 Å². The van der Waals surface area contributed by atoms with E-state index >= 15 is 0 Å². The van der Waals surface area contributed by atoms with E-state index in [0.29, 0.717) is 18.9 Å².